The number of piperazine rings is 1. The minimum Gasteiger partial charge on any atom is -0.314 e. The fraction of sp³-hybridized carbons (Fsp3) is 0.333. The molecule has 0 aromatic carbocycles. The van der Waals surface area contributed by atoms with E-state index in [2.05, 4.69) is 15.7 Å². The fourth-order valence-corrected chi connectivity index (χ4v) is 2.10. The molecule has 9 heteroatoms. The van der Waals surface area contributed by atoms with Crippen molar-refractivity contribution in [2.24, 2.45) is 5.84 Å². The highest BCUT2D eigenvalue weighted by Gasteiger charge is 2.44. The Kier molecular flexibility index (Phi) is 3.84. The van der Waals surface area contributed by atoms with Crippen molar-refractivity contribution in [3.63, 3.8) is 0 Å². The molecule has 0 bridgehead atoms. The number of nitrogens with zero attached hydrogens (tertiary/aromatic N) is 2. The number of hydrazine groups is 1. The van der Waals surface area contributed by atoms with E-state index in [4.69, 9.17) is 17.4 Å². The van der Waals surface area contributed by atoms with Crippen LogP contribution in [0.15, 0.2) is 12.1 Å². The first-order valence-electron chi connectivity index (χ1n) is 6.06. The molecule has 21 heavy (non-hydrogen) atoms. The number of nitrogens with two attached hydrogens (primary N) is 1. The molecule has 112 valence electrons. The highest BCUT2D eigenvalue weighted by molar-refractivity contribution is 6.33. The molecule has 1 aromatic heterocycles. The van der Waals surface area contributed by atoms with Gasteiger partial charge in [-0.1, -0.05) is 11.6 Å². The topological polar surface area (TPSA) is 117 Å². The molecule has 2 heterocycles. The van der Waals surface area contributed by atoms with Gasteiger partial charge in [-0.05, 0) is 26.0 Å². The predicted molar refractivity (Wildman–Crippen MR) is 75.3 cm³/mol. The number of halogens is 1. The maximum Gasteiger partial charge on any atom is 0.275 e. The van der Waals surface area contributed by atoms with Crippen LogP contribution in [0.25, 0.3) is 0 Å². The zero-order valence-electron chi connectivity index (χ0n) is 11.4. The maximum atomic E-state index is 12.6. The number of nitrogens with one attached hydrogen (secondary N) is 2. The third kappa shape index (κ3) is 2.67. The number of pyridine rings is 1. The van der Waals surface area contributed by atoms with Crippen LogP contribution in [0.5, 0.6) is 0 Å². The van der Waals surface area contributed by atoms with E-state index in [1.165, 1.54) is 26.0 Å². The smallest absolute Gasteiger partial charge is 0.275 e. The molecule has 0 saturated carbocycles. The second kappa shape index (κ2) is 5.30. The number of hydrogen-bond acceptors (Lipinski definition) is 6. The van der Waals surface area contributed by atoms with Crippen LogP contribution in [0, 0.1) is 0 Å². The molecule has 8 nitrogen and oxygen atoms in total. The Morgan fingerprint density at radius 3 is 2.76 bits per heavy atom. The largest absolute Gasteiger partial charge is 0.314 e. The number of imide groups is 1. The summed E-state index contributed by atoms with van der Waals surface area (Å²) in [5.41, 5.74) is 1.03. The van der Waals surface area contributed by atoms with Crippen molar-refractivity contribution in [2.45, 2.75) is 19.4 Å². The van der Waals surface area contributed by atoms with E-state index in [0.29, 0.717) is 0 Å². The molecule has 1 aliphatic rings. The molecular weight excluding hydrogens is 298 g/mol. The van der Waals surface area contributed by atoms with Gasteiger partial charge in [-0.3, -0.25) is 19.7 Å². The van der Waals surface area contributed by atoms with Crippen molar-refractivity contribution in [1.29, 1.82) is 0 Å². The third-order valence-corrected chi connectivity index (χ3v) is 3.53. The molecule has 1 saturated heterocycles. The first-order chi connectivity index (χ1) is 9.77. The number of aromatic nitrogens is 1. The monoisotopic (exact) mass is 311 g/mol. The van der Waals surface area contributed by atoms with Crippen LogP contribution in [0.3, 0.4) is 0 Å². The van der Waals surface area contributed by atoms with E-state index < -0.39 is 23.3 Å². The van der Waals surface area contributed by atoms with Gasteiger partial charge in [-0.25, -0.2) is 10.8 Å². The van der Waals surface area contributed by atoms with Gasteiger partial charge in [0.1, 0.15) is 23.6 Å². The summed E-state index contributed by atoms with van der Waals surface area (Å²) < 4.78 is 0. The maximum absolute atomic E-state index is 12.6. The highest BCUT2D eigenvalue weighted by Crippen LogP contribution is 2.24. The number of amides is 3. The molecule has 3 amide bonds. The van der Waals surface area contributed by atoms with Crippen molar-refractivity contribution >= 4 is 35.1 Å². The summed E-state index contributed by atoms with van der Waals surface area (Å²) in [7, 11) is 0. The van der Waals surface area contributed by atoms with Crippen LogP contribution < -0.4 is 16.6 Å². The molecule has 0 radical (unpaired) electrons. The van der Waals surface area contributed by atoms with Gasteiger partial charge in [0, 0.05) is 0 Å². The van der Waals surface area contributed by atoms with E-state index in [1.54, 1.807) is 0 Å². The van der Waals surface area contributed by atoms with Gasteiger partial charge in [0.15, 0.2) is 0 Å². The standard InChI is InChI=1S/C12H14ClN5O3/c1-12(2)11(21)16-8(19)5-18(12)10(20)9-6(13)3-4-7(15-9)17-14/h3-4H,5,14H2,1-2H3,(H,15,17)(H,16,19,21). The number of anilines is 1. The number of nitrogen functional groups attached to an aromatic ring is 1. The van der Waals surface area contributed by atoms with Crippen LogP contribution in [0.1, 0.15) is 24.3 Å². The molecule has 1 fully saturated rings. The van der Waals surface area contributed by atoms with Crippen molar-refractivity contribution in [3.05, 3.63) is 22.8 Å². The third-order valence-electron chi connectivity index (χ3n) is 3.23. The Morgan fingerprint density at radius 1 is 1.48 bits per heavy atom. The zero-order valence-corrected chi connectivity index (χ0v) is 12.2. The molecule has 1 aromatic rings. The summed E-state index contributed by atoms with van der Waals surface area (Å²) in [6.07, 6.45) is 0. The van der Waals surface area contributed by atoms with E-state index >= 15 is 0 Å². The lowest BCUT2D eigenvalue weighted by atomic mass is 9.98. The lowest BCUT2D eigenvalue weighted by Crippen LogP contribution is -2.65. The van der Waals surface area contributed by atoms with Crippen LogP contribution in [0.4, 0.5) is 5.82 Å². The SMILES string of the molecule is CC1(C)C(=O)NC(=O)CN1C(=O)c1nc(NN)ccc1Cl. The minimum absolute atomic E-state index is 0.0808. The molecule has 0 spiro atoms. The summed E-state index contributed by atoms with van der Waals surface area (Å²) in [4.78, 5) is 41.1. The van der Waals surface area contributed by atoms with Gasteiger partial charge >= 0.3 is 0 Å². The summed E-state index contributed by atoms with van der Waals surface area (Å²) in [6, 6.07) is 2.95. The summed E-state index contributed by atoms with van der Waals surface area (Å²) in [5, 5.41) is 2.29. The minimum atomic E-state index is -1.19. The number of carbonyl (C=O) groups excluding carboxylic acids is 3. The lowest BCUT2D eigenvalue weighted by Gasteiger charge is -2.39. The molecule has 4 N–H and O–H groups in total. The second-order valence-electron chi connectivity index (χ2n) is 5.00. The predicted octanol–water partition coefficient (Wildman–Crippen LogP) is -0.102. The summed E-state index contributed by atoms with van der Waals surface area (Å²) >= 11 is 5.97. The Hall–Kier alpha value is -2.19. The van der Waals surface area contributed by atoms with Crippen molar-refractivity contribution < 1.29 is 14.4 Å². The van der Waals surface area contributed by atoms with Crippen LogP contribution in [0.2, 0.25) is 5.02 Å². The van der Waals surface area contributed by atoms with Gasteiger partial charge in [0.05, 0.1) is 5.02 Å². The molecule has 1 aliphatic heterocycles. The Balaban J connectivity index is 2.43. The van der Waals surface area contributed by atoms with E-state index in [0.717, 1.165) is 4.90 Å². The summed E-state index contributed by atoms with van der Waals surface area (Å²) in [6.45, 7) is 2.81. The van der Waals surface area contributed by atoms with Crippen molar-refractivity contribution in [1.82, 2.24) is 15.2 Å². The average molecular weight is 312 g/mol. The average Bonchev–Trinajstić information content (AvgIpc) is 2.43. The zero-order chi connectivity index (χ0) is 15.8. The molecule has 0 unspecified atom stereocenters. The van der Waals surface area contributed by atoms with Gasteiger partial charge in [-0.2, -0.15) is 0 Å². The van der Waals surface area contributed by atoms with Gasteiger partial charge < -0.3 is 10.3 Å². The van der Waals surface area contributed by atoms with Crippen molar-refractivity contribution in [3.8, 4) is 0 Å². The van der Waals surface area contributed by atoms with Crippen LogP contribution >= 0.6 is 11.6 Å². The van der Waals surface area contributed by atoms with E-state index in [-0.39, 0.29) is 23.1 Å². The molecule has 2 rings (SSSR count). The van der Waals surface area contributed by atoms with Crippen LogP contribution in [-0.2, 0) is 9.59 Å². The number of rotatable bonds is 2. The molecule has 0 aliphatic carbocycles. The van der Waals surface area contributed by atoms with Gasteiger partial charge in [0.25, 0.3) is 11.8 Å². The first kappa shape index (κ1) is 15.2. The van der Waals surface area contributed by atoms with E-state index in [1.807, 2.05) is 0 Å². The molecular formula is C12H14ClN5O3. The quantitative estimate of drug-likeness (QED) is 0.399. The van der Waals surface area contributed by atoms with Crippen LogP contribution in [-0.4, -0.2) is 39.7 Å². The first-order valence-corrected chi connectivity index (χ1v) is 6.44. The fourth-order valence-electron chi connectivity index (χ4n) is 1.91. The normalized spacial score (nSPS) is 17.4. The second-order valence-corrected chi connectivity index (χ2v) is 5.41. The van der Waals surface area contributed by atoms with Crippen molar-refractivity contribution in [2.75, 3.05) is 12.0 Å². The summed E-state index contributed by atoms with van der Waals surface area (Å²) in [5.74, 6) is 3.75. The Morgan fingerprint density at radius 2 is 2.14 bits per heavy atom. The number of hydrogen-bond donors (Lipinski definition) is 3. The Bertz CT molecular complexity index is 631. The lowest BCUT2D eigenvalue weighted by molar-refractivity contribution is -0.143. The van der Waals surface area contributed by atoms with Gasteiger partial charge in [-0.15, -0.1) is 0 Å². The molecule has 0 atom stereocenters. The Labute approximate surface area is 125 Å². The van der Waals surface area contributed by atoms with E-state index in [9.17, 15) is 14.4 Å². The van der Waals surface area contributed by atoms with Gasteiger partial charge in [0.2, 0.25) is 5.91 Å². The number of carbonyl (C=O) groups is 3. The highest BCUT2D eigenvalue weighted by atomic mass is 35.5.